The fourth-order valence-corrected chi connectivity index (χ4v) is 3.25. The van der Waals surface area contributed by atoms with Crippen LogP contribution in [-0.2, 0) is 20.8 Å². The number of benzene rings is 1. The number of hydrogen-bond acceptors (Lipinski definition) is 4. The molecule has 0 spiro atoms. The third-order valence-electron chi connectivity index (χ3n) is 4.74. The molecule has 0 bridgehead atoms. The highest BCUT2D eigenvalue weighted by atomic mass is 16.2. The summed E-state index contributed by atoms with van der Waals surface area (Å²) in [5.41, 5.74) is 6.81. The lowest BCUT2D eigenvalue weighted by Crippen LogP contribution is -2.55. The van der Waals surface area contributed by atoms with E-state index in [1.165, 1.54) is 4.90 Å². The molecule has 1 aromatic carbocycles. The molecule has 0 saturated heterocycles. The summed E-state index contributed by atoms with van der Waals surface area (Å²) in [4.78, 5) is 43.2. The minimum atomic E-state index is -0.851. The van der Waals surface area contributed by atoms with E-state index in [1.807, 2.05) is 52.0 Å². The Balaban J connectivity index is 2.23. The van der Waals surface area contributed by atoms with E-state index in [0.29, 0.717) is 11.5 Å². The number of pyridine rings is 1. The quantitative estimate of drug-likeness (QED) is 0.696. The predicted octanol–water partition coefficient (Wildman–Crippen LogP) is 3.30. The van der Waals surface area contributed by atoms with Crippen molar-refractivity contribution in [3.05, 3.63) is 54.2 Å². The molecule has 1 unspecified atom stereocenters. The maximum Gasteiger partial charge on any atom is 0.241 e. The monoisotopic (exact) mass is 410 g/mol. The van der Waals surface area contributed by atoms with Gasteiger partial charge >= 0.3 is 0 Å². The fourth-order valence-electron chi connectivity index (χ4n) is 3.25. The zero-order valence-corrected chi connectivity index (χ0v) is 18.0. The highest BCUT2D eigenvalue weighted by Gasteiger charge is 2.38. The lowest BCUT2D eigenvalue weighted by molar-refractivity contribution is -0.127. The van der Waals surface area contributed by atoms with Crippen LogP contribution in [0.3, 0.4) is 0 Å². The van der Waals surface area contributed by atoms with E-state index in [-0.39, 0.29) is 24.7 Å². The molecule has 7 heteroatoms. The number of rotatable bonds is 8. The van der Waals surface area contributed by atoms with Crippen molar-refractivity contribution in [2.75, 3.05) is 10.2 Å². The van der Waals surface area contributed by atoms with Crippen molar-refractivity contribution in [1.82, 2.24) is 4.98 Å². The zero-order valence-electron chi connectivity index (χ0n) is 18.0. The van der Waals surface area contributed by atoms with Gasteiger partial charge < -0.3 is 11.1 Å². The second kappa shape index (κ2) is 10.0. The highest BCUT2D eigenvalue weighted by molar-refractivity contribution is 6.02. The Bertz CT molecular complexity index is 874. The van der Waals surface area contributed by atoms with Gasteiger partial charge in [-0.25, -0.2) is 4.98 Å². The van der Waals surface area contributed by atoms with E-state index in [4.69, 9.17) is 5.73 Å². The summed E-state index contributed by atoms with van der Waals surface area (Å²) in [7, 11) is 0. The number of primary amides is 1. The molecule has 1 heterocycles. The summed E-state index contributed by atoms with van der Waals surface area (Å²) < 4.78 is 0. The van der Waals surface area contributed by atoms with Crippen LogP contribution in [0.25, 0.3) is 0 Å². The smallest absolute Gasteiger partial charge is 0.241 e. The van der Waals surface area contributed by atoms with Gasteiger partial charge in [-0.2, -0.15) is 0 Å². The molecule has 3 N–H and O–H groups in total. The Morgan fingerprint density at radius 1 is 1.07 bits per heavy atom. The first kappa shape index (κ1) is 23.1. The number of carbonyl (C=O) groups is 3. The Labute approximate surface area is 177 Å². The predicted molar refractivity (Wildman–Crippen MR) is 118 cm³/mol. The molecule has 0 aliphatic heterocycles. The summed E-state index contributed by atoms with van der Waals surface area (Å²) in [6.45, 7) is 7.62. The number of anilines is 2. The van der Waals surface area contributed by atoms with Crippen LogP contribution < -0.4 is 16.0 Å². The number of carbonyl (C=O) groups excluding carboxylic acids is 3. The van der Waals surface area contributed by atoms with E-state index in [9.17, 15) is 14.4 Å². The molecule has 2 rings (SSSR count). The van der Waals surface area contributed by atoms with E-state index in [2.05, 4.69) is 10.3 Å². The van der Waals surface area contributed by atoms with Gasteiger partial charge in [0.25, 0.3) is 0 Å². The topological polar surface area (TPSA) is 105 Å². The average molecular weight is 411 g/mol. The molecule has 1 atom stereocenters. The van der Waals surface area contributed by atoms with Gasteiger partial charge in [-0.3, -0.25) is 19.3 Å². The van der Waals surface area contributed by atoms with Gasteiger partial charge in [0.15, 0.2) is 0 Å². The van der Waals surface area contributed by atoms with E-state index in [0.717, 1.165) is 12.0 Å². The normalized spacial score (nSPS) is 12.1. The molecule has 0 fully saturated rings. The molecule has 0 aliphatic rings. The number of amides is 3. The second-order valence-corrected chi connectivity index (χ2v) is 8.22. The molecule has 1 aromatic heterocycles. The lowest BCUT2D eigenvalue weighted by Gasteiger charge is -2.38. The van der Waals surface area contributed by atoms with Crippen molar-refractivity contribution in [3.63, 3.8) is 0 Å². The summed E-state index contributed by atoms with van der Waals surface area (Å²) in [6.07, 6.45) is 2.34. The Morgan fingerprint density at radius 2 is 1.73 bits per heavy atom. The number of nitrogens with zero attached hydrogens (tertiary/aromatic N) is 2. The van der Waals surface area contributed by atoms with E-state index >= 15 is 0 Å². The Kier molecular flexibility index (Phi) is 7.69. The van der Waals surface area contributed by atoms with Gasteiger partial charge in [0.1, 0.15) is 11.9 Å². The number of nitrogens with two attached hydrogens (primary N) is 1. The van der Waals surface area contributed by atoms with Crippen LogP contribution in [-0.4, -0.2) is 28.7 Å². The molecule has 2 aromatic rings. The van der Waals surface area contributed by atoms with Gasteiger partial charge in [0, 0.05) is 24.7 Å². The lowest BCUT2D eigenvalue weighted by atomic mass is 9.84. The van der Waals surface area contributed by atoms with Crippen molar-refractivity contribution >= 4 is 29.2 Å². The molecular formula is C23H30N4O3. The minimum Gasteiger partial charge on any atom is -0.368 e. The van der Waals surface area contributed by atoms with Crippen molar-refractivity contribution < 1.29 is 14.4 Å². The SMILES string of the molecule is CCc1ccc(N(C(=O)CCC(=O)Nc2ccccn2)C(C(N)=O)C(C)(C)C)cc1. The summed E-state index contributed by atoms with van der Waals surface area (Å²) >= 11 is 0. The number of aromatic nitrogens is 1. The second-order valence-electron chi connectivity index (χ2n) is 8.22. The van der Waals surface area contributed by atoms with Crippen molar-refractivity contribution in [1.29, 1.82) is 0 Å². The third kappa shape index (κ3) is 6.14. The van der Waals surface area contributed by atoms with Crippen LogP contribution in [0.5, 0.6) is 0 Å². The van der Waals surface area contributed by atoms with Crippen LogP contribution in [0.1, 0.15) is 46.1 Å². The van der Waals surface area contributed by atoms with Gasteiger partial charge in [0.05, 0.1) is 0 Å². The van der Waals surface area contributed by atoms with E-state index in [1.54, 1.807) is 24.4 Å². The molecule has 0 aliphatic carbocycles. The standard InChI is InChI=1S/C23H30N4O3/c1-5-16-9-11-17(12-10-16)27(21(22(24)30)23(2,3)4)20(29)14-13-19(28)26-18-8-6-7-15-25-18/h6-12,15,21H,5,13-14H2,1-4H3,(H2,24,30)(H,25,26,28). The summed E-state index contributed by atoms with van der Waals surface area (Å²) in [6, 6.07) is 11.8. The van der Waals surface area contributed by atoms with Gasteiger partial charge in [0.2, 0.25) is 17.7 Å². The first-order chi connectivity index (χ1) is 14.1. The van der Waals surface area contributed by atoms with Crippen LogP contribution >= 0.6 is 0 Å². The zero-order chi connectivity index (χ0) is 22.3. The average Bonchev–Trinajstić information content (AvgIpc) is 2.69. The Hall–Kier alpha value is -3.22. The maximum atomic E-state index is 13.2. The third-order valence-corrected chi connectivity index (χ3v) is 4.74. The van der Waals surface area contributed by atoms with Crippen molar-refractivity contribution in [3.8, 4) is 0 Å². The molecule has 30 heavy (non-hydrogen) atoms. The summed E-state index contributed by atoms with van der Waals surface area (Å²) in [5.74, 6) is -0.830. The maximum absolute atomic E-state index is 13.2. The first-order valence-electron chi connectivity index (χ1n) is 10.0. The number of aryl methyl sites for hydroxylation is 1. The molecule has 0 saturated carbocycles. The van der Waals surface area contributed by atoms with Crippen molar-refractivity contribution in [2.45, 2.75) is 53.0 Å². The van der Waals surface area contributed by atoms with Crippen LogP contribution in [0.2, 0.25) is 0 Å². The minimum absolute atomic E-state index is 0.0332. The van der Waals surface area contributed by atoms with Crippen molar-refractivity contribution in [2.24, 2.45) is 11.1 Å². The summed E-state index contributed by atoms with van der Waals surface area (Å²) in [5, 5.41) is 2.66. The molecular weight excluding hydrogens is 380 g/mol. The largest absolute Gasteiger partial charge is 0.368 e. The van der Waals surface area contributed by atoms with E-state index < -0.39 is 17.4 Å². The molecule has 160 valence electrons. The van der Waals surface area contributed by atoms with Crippen LogP contribution in [0, 0.1) is 5.41 Å². The Morgan fingerprint density at radius 3 is 2.23 bits per heavy atom. The number of hydrogen-bond donors (Lipinski definition) is 2. The van der Waals surface area contributed by atoms with Crippen LogP contribution in [0.15, 0.2) is 48.7 Å². The van der Waals surface area contributed by atoms with Gasteiger partial charge in [-0.1, -0.05) is 45.9 Å². The first-order valence-corrected chi connectivity index (χ1v) is 10.0. The number of nitrogens with one attached hydrogen (secondary N) is 1. The van der Waals surface area contributed by atoms with Crippen LogP contribution in [0.4, 0.5) is 11.5 Å². The molecule has 7 nitrogen and oxygen atoms in total. The van der Waals surface area contributed by atoms with Gasteiger partial charge in [-0.05, 0) is 41.7 Å². The fraction of sp³-hybridized carbons (Fsp3) is 0.391. The highest BCUT2D eigenvalue weighted by Crippen LogP contribution is 2.30. The van der Waals surface area contributed by atoms with Gasteiger partial charge in [-0.15, -0.1) is 0 Å². The molecule has 3 amide bonds. The molecule has 0 radical (unpaired) electrons.